The van der Waals surface area contributed by atoms with Gasteiger partial charge in [-0.2, -0.15) is 4.98 Å². The van der Waals surface area contributed by atoms with Crippen LogP contribution in [0.15, 0.2) is 4.52 Å². The summed E-state index contributed by atoms with van der Waals surface area (Å²) in [4.78, 5) is 18.3. The van der Waals surface area contributed by atoms with E-state index in [2.05, 4.69) is 10.1 Å². The van der Waals surface area contributed by atoms with Crippen molar-refractivity contribution < 1.29 is 9.32 Å². The molecule has 2 unspecified atom stereocenters. The summed E-state index contributed by atoms with van der Waals surface area (Å²) < 4.78 is 5.02. The third-order valence-electron chi connectivity index (χ3n) is 3.60. The van der Waals surface area contributed by atoms with Gasteiger partial charge in [0.05, 0.1) is 0 Å². The van der Waals surface area contributed by atoms with Crippen molar-refractivity contribution in [2.45, 2.75) is 58.0 Å². The summed E-state index contributed by atoms with van der Waals surface area (Å²) in [6.45, 7) is 4.55. The molecule has 0 bridgehead atoms. The van der Waals surface area contributed by atoms with Crippen LogP contribution >= 0.6 is 12.4 Å². The van der Waals surface area contributed by atoms with Crippen LogP contribution in [0.25, 0.3) is 0 Å². The summed E-state index contributed by atoms with van der Waals surface area (Å²) in [5, 5.41) is 3.72. The van der Waals surface area contributed by atoms with Crippen molar-refractivity contribution in [2.24, 2.45) is 5.73 Å². The Morgan fingerprint density at radius 2 is 2.30 bits per heavy atom. The lowest BCUT2D eigenvalue weighted by Gasteiger charge is -2.38. The van der Waals surface area contributed by atoms with Crippen molar-refractivity contribution in [2.75, 3.05) is 6.54 Å². The molecule has 0 saturated carbocycles. The molecular weight excluding hydrogens is 280 g/mol. The van der Waals surface area contributed by atoms with Crippen LogP contribution in [0.1, 0.15) is 44.3 Å². The second-order valence-corrected chi connectivity index (χ2v) is 5.24. The number of carbonyl (C=O) groups is 1. The average molecular weight is 303 g/mol. The molecule has 0 radical (unpaired) electrons. The monoisotopic (exact) mass is 302 g/mol. The highest BCUT2D eigenvalue weighted by Gasteiger charge is 2.28. The SMILES string of the molecule is Cc1noc(CCC(=O)N2CCCCC2C(C)N)n1.Cl. The van der Waals surface area contributed by atoms with E-state index in [-0.39, 0.29) is 30.4 Å². The molecule has 2 N–H and O–H groups in total. The molecule has 0 spiro atoms. The van der Waals surface area contributed by atoms with Crippen molar-refractivity contribution in [3.63, 3.8) is 0 Å². The predicted molar refractivity (Wildman–Crippen MR) is 77.6 cm³/mol. The number of aromatic nitrogens is 2. The average Bonchev–Trinajstić information content (AvgIpc) is 2.81. The van der Waals surface area contributed by atoms with Gasteiger partial charge in [-0.05, 0) is 33.1 Å². The van der Waals surface area contributed by atoms with E-state index in [9.17, 15) is 4.79 Å². The second-order valence-electron chi connectivity index (χ2n) is 5.24. The number of hydrogen-bond acceptors (Lipinski definition) is 5. The van der Waals surface area contributed by atoms with E-state index in [1.54, 1.807) is 6.92 Å². The molecule has 0 aromatic carbocycles. The molecule has 0 aliphatic carbocycles. The highest BCUT2D eigenvalue weighted by Crippen LogP contribution is 2.20. The Morgan fingerprint density at radius 1 is 1.55 bits per heavy atom. The van der Waals surface area contributed by atoms with Gasteiger partial charge in [-0.1, -0.05) is 5.16 Å². The summed E-state index contributed by atoms with van der Waals surface area (Å²) in [5.41, 5.74) is 5.97. The zero-order valence-electron chi connectivity index (χ0n) is 12.0. The Morgan fingerprint density at radius 3 is 2.90 bits per heavy atom. The number of likely N-dealkylation sites (tertiary alicyclic amines) is 1. The predicted octanol–water partition coefficient (Wildman–Crippen LogP) is 1.46. The Hall–Kier alpha value is -1.14. The fourth-order valence-corrected chi connectivity index (χ4v) is 2.61. The smallest absolute Gasteiger partial charge is 0.227 e. The topological polar surface area (TPSA) is 85.2 Å². The number of nitrogens with zero attached hydrogens (tertiary/aromatic N) is 3. The molecule has 2 heterocycles. The van der Waals surface area contributed by atoms with Crippen molar-refractivity contribution in [3.05, 3.63) is 11.7 Å². The van der Waals surface area contributed by atoms with E-state index < -0.39 is 0 Å². The van der Waals surface area contributed by atoms with Gasteiger partial charge < -0.3 is 15.2 Å². The van der Waals surface area contributed by atoms with Crippen molar-refractivity contribution in [1.29, 1.82) is 0 Å². The molecule has 114 valence electrons. The lowest BCUT2D eigenvalue weighted by atomic mass is 9.96. The molecule has 2 rings (SSSR count). The first-order valence-corrected chi connectivity index (χ1v) is 6.92. The first-order chi connectivity index (χ1) is 9.08. The zero-order valence-corrected chi connectivity index (χ0v) is 12.9. The van der Waals surface area contributed by atoms with Gasteiger partial charge in [0.15, 0.2) is 5.82 Å². The number of nitrogens with two attached hydrogens (primary N) is 1. The van der Waals surface area contributed by atoms with Crippen LogP contribution in [-0.2, 0) is 11.2 Å². The van der Waals surface area contributed by atoms with E-state index in [1.165, 1.54) is 0 Å². The van der Waals surface area contributed by atoms with E-state index in [0.717, 1.165) is 25.8 Å². The van der Waals surface area contributed by atoms with Crippen LogP contribution in [0.5, 0.6) is 0 Å². The largest absolute Gasteiger partial charge is 0.339 e. The Labute approximate surface area is 125 Å². The van der Waals surface area contributed by atoms with Gasteiger partial charge in [-0.3, -0.25) is 4.79 Å². The summed E-state index contributed by atoms with van der Waals surface area (Å²) in [6.07, 6.45) is 4.13. The third kappa shape index (κ3) is 4.18. The van der Waals surface area contributed by atoms with Crippen LogP contribution in [0.3, 0.4) is 0 Å². The normalized spacial score (nSPS) is 20.4. The molecule has 1 aliphatic rings. The summed E-state index contributed by atoms with van der Waals surface area (Å²) >= 11 is 0. The van der Waals surface area contributed by atoms with Gasteiger partial charge in [0.25, 0.3) is 0 Å². The summed E-state index contributed by atoms with van der Waals surface area (Å²) in [6, 6.07) is 0.195. The lowest BCUT2D eigenvalue weighted by Crippen LogP contribution is -2.51. The third-order valence-corrected chi connectivity index (χ3v) is 3.60. The lowest BCUT2D eigenvalue weighted by molar-refractivity contribution is -0.135. The first kappa shape index (κ1) is 16.9. The van der Waals surface area contributed by atoms with Gasteiger partial charge in [0, 0.05) is 31.5 Å². The minimum atomic E-state index is 0. The maximum absolute atomic E-state index is 12.3. The molecule has 20 heavy (non-hydrogen) atoms. The second kappa shape index (κ2) is 7.59. The summed E-state index contributed by atoms with van der Waals surface area (Å²) in [5.74, 6) is 1.27. The maximum atomic E-state index is 12.3. The standard InChI is InChI=1S/C13H22N4O2.ClH/c1-9(14)11-5-3-4-8-17(11)13(18)7-6-12-15-10(2)16-19-12;/h9,11H,3-8,14H2,1-2H3;1H. The Bertz CT molecular complexity index is 436. The van der Waals surface area contributed by atoms with Crippen LogP contribution in [0, 0.1) is 6.92 Å². The molecule has 2 atom stereocenters. The van der Waals surface area contributed by atoms with Gasteiger partial charge in [-0.25, -0.2) is 0 Å². The molecule has 1 aliphatic heterocycles. The van der Waals surface area contributed by atoms with Gasteiger partial charge in [0.1, 0.15) is 0 Å². The fraction of sp³-hybridized carbons (Fsp3) is 0.769. The maximum Gasteiger partial charge on any atom is 0.227 e. The van der Waals surface area contributed by atoms with E-state index in [4.69, 9.17) is 10.3 Å². The molecule has 1 amide bonds. The van der Waals surface area contributed by atoms with Gasteiger partial charge >= 0.3 is 0 Å². The molecule has 1 aromatic heterocycles. The molecule has 1 fully saturated rings. The highest BCUT2D eigenvalue weighted by atomic mass is 35.5. The number of hydrogen-bond donors (Lipinski definition) is 1. The van der Waals surface area contributed by atoms with Gasteiger partial charge in [-0.15, -0.1) is 12.4 Å². The molecule has 6 nitrogen and oxygen atoms in total. The van der Waals surface area contributed by atoms with Crippen LogP contribution in [0.2, 0.25) is 0 Å². The molecular formula is C13H23ClN4O2. The number of halogens is 1. The number of amides is 1. The first-order valence-electron chi connectivity index (χ1n) is 6.92. The van der Waals surface area contributed by atoms with Crippen LogP contribution < -0.4 is 5.73 Å². The molecule has 1 saturated heterocycles. The summed E-state index contributed by atoms with van der Waals surface area (Å²) in [7, 11) is 0. The number of rotatable bonds is 4. The minimum Gasteiger partial charge on any atom is -0.339 e. The number of aryl methyl sites for hydroxylation is 2. The Balaban J connectivity index is 0.00000200. The van der Waals surface area contributed by atoms with E-state index in [1.807, 2.05) is 11.8 Å². The van der Waals surface area contributed by atoms with Crippen LogP contribution in [-0.4, -0.2) is 39.6 Å². The quantitative estimate of drug-likeness (QED) is 0.910. The molecule has 7 heteroatoms. The highest BCUT2D eigenvalue weighted by molar-refractivity contribution is 5.85. The zero-order chi connectivity index (χ0) is 13.8. The van der Waals surface area contributed by atoms with Crippen molar-refractivity contribution >= 4 is 18.3 Å². The number of piperidine rings is 1. The Kier molecular flexibility index (Phi) is 6.42. The van der Waals surface area contributed by atoms with E-state index in [0.29, 0.717) is 24.6 Å². The van der Waals surface area contributed by atoms with Crippen molar-refractivity contribution in [3.8, 4) is 0 Å². The number of carbonyl (C=O) groups excluding carboxylic acids is 1. The van der Waals surface area contributed by atoms with Crippen molar-refractivity contribution in [1.82, 2.24) is 15.0 Å². The minimum absolute atomic E-state index is 0. The van der Waals surface area contributed by atoms with Crippen LogP contribution in [0.4, 0.5) is 0 Å². The molecule has 1 aromatic rings. The van der Waals surface area contributed by atoms with Gasteiger partial charge in [0.2, 0.25) is 11.8 Å². The van der Waals surface area contributed by atoms with E-state index >= 15 is 0 Å². The fourth-order valence-electron chi connectivity index (χ4n) is 2.61.